The Morgan fingerprint density at radius 3 is 2.81 bits per heavy atom. The van der Waals surface area contributed by atoms with E-state index in [4.69, 9.17) is 25.5 Å². The molecule has 3 aromatic rings. The third-order valence-corrected chi connectivity index (χ3v) is 4.45. The van der Waals surface area contributed by atoms with E-state index >= 15 is 0 Å². The van der Waals surface area contributed by atoms with E-state index in [1.165, 1.54) is 6.07 Å². The molecule has 0 saturated carbocycles. The Bertz CT molecular complexity index is 1080. The van der Waals surface area contributed by atoms with Crippen molar-refractivity contribution in [2.75, 3.05) is 13.2 Å². The van der Waals surface area contributed by atoms with Crippen LogP contribution in [0.5, 0.6) is 11.5 Å². The molecule has 0 unspecified atom stereocenters. The first-order chi connectivity index (χ1) is 13.1. The molecule has 1 amide bonds. The van der Waals surface area contributed by atoms with Crippen LogP contribution in [0.3, 0.4) is 0 Å². The number of amides is 1. The Kier molecular flexibility index (Phi) is 4.73. The van der Waals surface area contributed by atoms with E-state index < -0.39 is 5.91 Å². The monoisotopic (exact) mass is 385 g/mol. The molecule has 0 aliphatic carbocycles. The summed E-state index contributed by atoms with van der Waals surface area (Å²) in [6, 6.07) is 11.5. The van der Waals surface area contributed by atoms with Crippen molar-refractivity contribution in [1.29, 1.82) is 0 Å². The van der Waals surface area contributed by atoms with Crippen molar-refractivity contribution in [2.24, 2.45) is 0 Å². The molecule has 4 rings (SSSR count). The zero-order chi connectivity index (χ0) is 18.8. The minimum atomic E-state index is -0.485. The van der Waals surface area contributed by atoms with Crippen molar-refractivity contribution in [3.05, 3.63) is 69.0 Å². The minimum Gasteiger partial charge on any atom is -0.489 e. The topological polar surface area (TPSA) is 77.8 Å². The van der Waals surface area contributed by atoms with Crippen molar-refractivity contribution < 1.29 is 18.7 Å². The fraction of sp³-hybridized carbons (Fsp3) is 0.200. The number of para-hydroxylation sites is 1. The molecule has 2 heterocycles. The SMILES string of the molecule is O=C(NCc1cc(Cl)c2c(c1)OCCCO2)c1cc(=O)c2ccccc2o1. The summed E-state index contributed by atoms with van der Waals surface area (Å²) in [5, 5.41) is 3.59. The smallest absolute Gasteiger partial charge is 0.287 e. The number of carbonyl (C=O) groups excluding carboxylic acids is 1. The average Bonchev–Trinajstić information content (AvgIpc) is 2.92. The molecule has 1 aliphatic rings. The molecule has 0 spiro atoms. The standard InChI is InChI=1S/C20H16ClNO5/c21-14-8-12(9-17-19(14)26-7-3-6-25-17)11-22-20(24)18-10-15(23)13-4-1-2-5-16(13)27-18/h1-2,4-5,8-10H,3,6-7,11H2,(H,22,24). The third kappa shape index (κ3) is 3.61. The Balaban J connectivity index is 1.54. The number of hydrogen-bond acceptors (Lipinski definition) is 5. The van der Waals surface area contributed by atoms with Gasteiger partial charge < -0.3 is 19.2 Å². The predicted octanol–water partition coefficient (Wildman–Crippen LogP) is 3.54. The summed E-state index contributed by atoms with van der Waals surface area (Å²) in [4.78, 5) is 24.5. The first kappa shape index (κ1) is 17.4. The van der Waals surface area contributed by atoms with Gasteiger partial charge in [0.15, 0.2) is 22.7 Å². The van der Waals surface area contributed by atoms with Crippen molar-refractivity contribution in [3.63, 3.8) is 0 Å². The van der Waals surface area contributed by atoms with E-state index in [0.717, 1.165) is 12.0 Å². The van der Waals surface area contributed by atoms with Gasteiger partial charge in [0.2, 0.25) is 0 Å². The van der Waals surface area contributed by atoms with E-state index in [0.29, 0.717) is 40.7 Å². The fourth-order valence-electron chi connectivity index (χ4n) is 2.87. The second-order valence-corrected chi connectivity index (χ2v) is 6.52. The van der Waals surface area contributed by atoms with Crippen molar-refractivity contribution in [2.45, 2.75) is 13.0 Å². The average molecular weight is 386 g/mol. The van der Waals surface area contributed by atoms with Crippen LogP contribution < -0.4 is 20.2 Å². The second-order valence-electron chi connectivity index (χ2n) is 6.11. The van der Waals surface area contributed by atoms with Gasteiger partial charge in [-0.25, -0.2) is 0 Å². The maximum absolute atomic E-state index is 12.4. The largest absolute Gasteiger partial charge is 0.489 e. The van der Waals surface area contributed by atoms with Gasteiger partial charge >= 0.3 is 0 Å². The van der Waals surface area contributed by atoms with Crippen molar-refractivity contribution in [3.8, 4) is 11.5 Å². The summed E-state index contributed by atoms with van der Waals surface area (Å²) in [6.45, 7) is 1.29. The molecule has 2 aromatic carbocycles. The number of ether oxygens (including phenoxy) is 2. The molecule has 0 bridgehead atoms. The first-order valence-electron chi connectivity index (χ1n) is 8.51. The van der Waals surface area contributed by atoms with Gasteiger partial charge in [-0.05, 0) is 29.8 Å². The predicted molar refractivity (Wildman–Crippen MR) is 101 cm³/mol. The highest BCUT2D eigenvalue weighted by Crippen LogP contribution is 2.37. The summed E-state index contributed by atoms with van der Waals surface area (Å²) in [5.74, 6) is 0.548. The molecule has 1 aliphatic heterocycles. The van der Waals surface area contributed by atoms with Crippen LogP contribution >= 0.6 is 11.6 Å². The van der Waals surface area contributed by atoms with Crippen LogP contribution in [0.4, 0.5) is 0 Å². The molecular formula is C20H16ClNO5. The number of fused-ring (bicyclic) bond motifs is 2. The summed E-state index contributed by atoms with van der Waals surface area (Å²) < 4.78 is 16.8. The zero-order valence-electron chi connectivity index (χ0n) is 14.3. The Morgan fingerprint density at radius 1 is 1.11 bits per heavy atom. The van der Waals surface area contributed by atoms with Crippen LogP contribution in [0.2, 0.25) is 5.02 Å². The number of nitrogens with one attached hydrogen (secondary N) is 1. The second kappa shape index (κ2) is 7.32. The number of halogens is 1. The van der Waals surface area contributed by atoms with Crippen LogP contribution in [0, 0.1) is 0 Å². The lowest BCUT2D eigenvalue weighted by Gasteiger charge is -2.12. The highest BCUT2D eigenvalue weighted by Gasteiger charge is 2.17. The fourth-order valence-corrected chi connectivity index (χ4v) is 3.16. The lowest BCUT2D eigenvalue weighted by molar-refractivity contribution is 0.0923. The van der Waals surface area contributed by atoms with Gasteiger partial charge in [-0.3, -0.25) is 9.59 Å². The Labute approximate surface area is 159 Å². The number of hydrogen-bond donors (Lipinski definition) is 1. The molecule has 0 atom stereocenters. The maximum Gasteiger partial charge on any atom is 0.287 e. The summed E-state index contributed by atoms with van der Waals surface area (Å²) in [5.41, 5.74) is 0.857. The molecule has 0 radical (unpaired) electrons. The zero-order valence-corrected chi connectivity index (χ0v) is 15.0. The molecule has 1 N–H and O–H groups in total. The lowest BCUT2D eigenvalue weighted by Crippen LogP contribution is -2.24. The van der Waals surface area contributed by atoms with Crippen molar-refractivity contribution in [1.82, 2.24) is 5.32 Å². The van der Waals surface area contributed by atoms with Gasteiger partial charge in [-0.15, -0.1) is 0 Å². The molecule has 138 valence electrons. The highest BCUT2D eigenvalue weighted by atomic mass is 35.5. The van der Waals surface area contributed by atoms with E-state index in [2.05, 4.69) is 5.32 Å². The van der Waals surface area contributed by atoms with E-state index in [1.54, 1.807) is 36.4 Å². The summed E-state index contributed by atoms with van der Waals surface area (Å²) in [7, 11) is 0. The first-order valence-corrected chi connectivity index (χ1v) is 8.89. The van der Waals surface area contributed by atoms with E-state index in [1.807, 2.05) is 0 Å². The van der Waals surface area contributed by atoms with Crippen LogP contribution in [0.15, 0.2) is 51.7 Å². The van der Waals surface area contributed by atoms with E-state index in [9.17, 15) is 9.59 Å². The van der Waals surface area contributed by atoms with Gasteiger partial charge in [0.25, 0.3) is 5.91 Å². The van der Waals surface area contributed by atoms with Gasteiger partial charge in [0.1, 0.15) is 5.58 Å². The van der Waals surface area contributed by atoms with Crippen LogP contribution in [0.25, 0.3) is 11.0 Å². The quantitative estimate of drug-likeness (QED) is 0.746. The van der Waals surface area contributed by atoms with Crippen LogP contribution in [-0.4, -0.2) is 19.1 Å². The van der Waals surface area contributed by atoms with Crippen LogP contribution in [-0.2, 0) is 6.54 Å². The highest BCUT2D eigenvalue weighted by molar-refractivity contribution is 6.32. The Morgan fingerprint density at radius 2 is 1.93 bits per heavy atom. The van der Waals surface area contributed by atoms with Crippen molar-refractivity contribution >= 4 is 28.5 Å². The normalized spacial score (nSPS) is 13.2. The van der Waals surface area contributed by atoms with Gasteiger partial charge in [-0.1, -0.05) is 23.7 Å². The van der Waals surface area contributed by atoms with Gasteiger partial charge in [0, 0.05) is 19.0 Å². The van der Waals surface area contributed by atoms with Gasteiger partial charge in [-0.2, -0.15) is 0 Å². The minimum absolute atomic E-state index is 0.0425. The van der Waals surface area contributed by atoms with E-state index in [-0.39, 0.29) is 17.7 Å². The van der Waals surface area contributed by atoms with Crippen LogP contribution in [0.1, 0.15) is 22.5 Å². The maximum atomic E-state index is 12.4. The molecular weight excluding hydrogens is 370 g/mol. The lowest BCUT2D eigenvalue weighted by atomic mass is 10.2. The molecule has 1 aromatic heterocycles. The summed E-state index contributed by atoms with van der Waals surface area (Å²) in [6.07, 6.45) is 0.776. The molecule has 6 nitrogen and oxygen atoms in total. The molecule has 27 heavy (non-hydrogen) atoms. The molecule has 0 fully saturated rings. The number of rotatable bonds is 3. The third-order valence-electron chi connectivity index (χ3n) is 4.17. The number of benzene rings is 2. The van der Waals surface area contributed by atoms with Gasteiger partial charge in [0.05, 0.1) is 23.6 Å². The Hall–Kier alpha value is -2.99. The molecule has 0 saturated heterocycles. The summed E-state index contributed by atoms with van der Waals surface area (Å²) >= 11 is 6.26. The molecule has 7 heteroatoms. The number of carbonyl (C=O) groups is 1.